The monoisotopic (exact) mass is 358 g/mol. The van der Waals surface area contributed by atoms with Crippen LogP contribution in [0.25, 0.3) is 0 Å². The molecule has 1 saturated carbocycles. The molecular weight excluding hydrogens is 328 g/mol. The van der Waals surface area contributed by atoms with Crippen LogP contribution in [0.5, 0.6) is 0 Å². The summed E-state index contributed by atoms with van der Waals surface area (Å²) in [5, 5.41) is 6.96. The van der Waals surface area contributed by atoms with Crippen LogP contribution in [0.4, 0.5) is 4.79 Å². The van der Waals surface area contributed by atoms with Gasteiger partial charge in [0.25, 0.3) is 0 Å². The molecule has 1 aliphatic carbocycles. The Morgan fingerprint density at radius 1 is 1.27 bits per heavy atom. The molecule has 2 unspecified atom stereocenters. The molecule has 6 nitrogen and oxygen atoms in total. The first-order valence-electron chi connectivity index (χ1n) is 9.65. The number of ether oxygens (including phenoxy) is 1. The maximum atomic E-state index is 11.8. The number of piperidine rings is 1. The molecular formula is C20H30N4O2. The quantitative estimate of drug-likeness (QED) is 0.627. The lowest BCUT2D eigenvalue weighted by Crippen LogP contribution is -2.50. The van der Waals surface area contributed by atoms with Crippen molar-refractivity contribution in [2.45, 2.75) is 38.1 Å². The molecule has 6 heteroatoms. The van der Waals surface area contributed by atoms with Gasteiger partial charge in [-0.3, -0.25) is 4.99 Å². The number of hydrogen-bond donors (Lipinski definition) is 2. The zero-order valence-electron chi connectivity index (χ0n) is 15.8. The maximum absolute atomic E-state index is 11.8. The Morgan fingerprint density at radius 3 is 2.65 bits per heavy atom. The Balaban J connectivity index is 1.38. The number of benzene rings is 1. The highest BCUT2D eigenvalue weighted by atomic mass is 16.6. The number of likely N-dealkylation sites (tertiary alicyclic amines) is 1. The topological polar surface area (TPSA) is 66.0 Å². The van der Waals surface area contributed by atoms with Crippen molar-refractivity contribution in [3.8, 4) is 0 Å². The Bertz CT molecular complexity index is 611. The summed E-state index contributed by atoms with van der Waals surface area (Å²) in [5.74, 6) is 2.22. The molecule has 2 aliphatic rings. The van der Waals surface area contributed by atoms with Gasteiger partial charge in [0, 0.05) is 32.7 Å². The predicted molar refractivity (Wildman–Crippen MR) is 103 cm³/mol. The van der Waals surface area contributed by atoms with E-state index in [1.165, 1.54) is 12.0 Å². The molecule has 142 valence electrons. The summed E-state index contributed by atoms with van der Waals surface area (Å²) < 4.78 is 5.07. The first-order valence-corrected chi connectivity index (χ1v) is 9.65. The third kappa shape index (κ3) is 4.90. The fourth-order valence-corrected chi connectivity index (χ4v) is 3.62. The number of carbonyl (C=O) groups excluding carboxylic acids is 1. The van der Waals surface area contributed by atoms with E-state index in [0.29, 0.717) is 24.5 Å². The van der Waals surface area contributed by atoms with Gasteiger partial charge in [-0.2, -0.15) is 0 Å². The largest absolute Gasteiger partial charge is 0.450 e. The van der Waals surface area contributed by atoms with E-state index in [-0.39, 0.29) is 6.09 Å². The summed E-state index contributed by atoms with van der Waals surface area (Å²) in [4.78, 5) is 17.9. The first kappa shape index (κ1) is 18.5. The number of amides is 1. The molecule has 3 rings (SSSR count). The highest BCUT2D eigenvalue weighted by molar-refractivity contribution is 5.80. The Kier molecular flexibility index (Phi) is 6.36. The molecule has 1 aliphatic heterocycles. The summed E-state index contributed by atoms with van der Waals surface area (Å²) in [5.41, 5.74) is 1.44. The summed E-state index contributed by atoms with van der Waals surface area (Å²) in [6.45, 7) is 4.67. The summed E-state index contributed by atoms with van der Waals surface area (Å²) >= 11 is 0. The molecule has 26 heavy (non-hydrogen) atoms. The first-order chi connectivity index (χ1) is 12.7. The summed E-state index contributed by atoms with van der Waals surface area (Å²) in [7, 11) is 1.81. The Labute approximate surface area is 156 Å². The van der Waals surface area contributed by atoms with Crippen LogP contribution >= 0.6 is 0 Å². The van der Waals surface area contributed by atoms with Crippen LogP contribution in [0, 0.1) is 5.92 Å². The summed E-state index contributed by atoms with van der Waals surface area (Å²) in [6.07, 6.45) is 2.87. The lowest BCUT2D eigenvalue weighted by molar-refractivity contribution is 0.0963. The van der Waals surface area contributed by atoms with Crippen molar-refractivity contribution in [2.24, 2.45) is 10.9 Å². The molecule has 0 bridgehead atoms. The number of nitrogens with one attached hydrogen (secondary N) is 2. The van der Waals surface area contributed by atoms with Crippen LogP contribution in [-0.2, 0) is 4.74 Å². The van der Waals surface area contributed by atoms with E-state index < -0.39 is 0 Å². The zero-order chi connectivity index (χ0) is 18.4. The number of hydrogen-bond acceptors (Lipinski definition) is 3. The molecule has 0 radical (unpaired) electrons. The van der Waals surface area contributed by atoms with Crippen molar-refractivity contribution < 1.29 is 9.53 Å². The van der Waals surface area contributed by atoms with E-state index in [1.807, 2.05) is 14.0 Å². The van der Waals surface area contributed by atoms with Gasteiger partial charge in [-0.15, -0.1) is 0 Å². The molecule has 2 N–H and O–H groups in total. The van der Waals surface area contributed by atoms with Crippen molar-refractivity contribution >= 4 is 12.1 Å². The third-order valence-electron chi connectivity index (χ3n) is 5.27. The van der Waals surface area contributed by atoms with E-state index in [4.69, 9.17) is 4.74 Å². The number of rotatable bonds is 5. The predicted octanol–water partition coefficient (Wildman–Crippen LogP) is 2.58. The average Bonchev–Trinajstić information content (AvgIpc) is 3.46. The summed E-state index contributed by atoms with van der Waals surface area (Å²) in [6, 6.07) is 11.1. The van der Waals surface area contributed by atoms with Crippen molar-refractivity contribution in [3.05, 3.63) is 35.9 Å². The van der Waals surface area contributed by atoms with Crippen LogP contribution in [0.1, 0.15) is 37.7 Å². The highest BCUT2D eigenvalue weighted by Crippen LogP contribution is 2.46. The number of nitrogens with zero attached hydrogens (tertiary/aromatic N) is 2. The minimum absolute atomic E-state index is 0.200. The van der Waals surface area contributed by atoms with E-state index in [1.54, 1.807) is 4.90 Å². The lowest BCUT2D eigenvalue weighted by atomic mass is 10.1. The van der Waals surface area contributed by atoms with Gasteiger partial charge in [0.2, 0.25) is 0 Å². The Hall–Kier alpha value is -2.24. The standard InChI is InChI=1S/C20H30N4O2/c1-3-26-20(25)24-11-9-17(10-12-24)23-19(21-2)22-14-16-13-18(16)15-7-5-4-6-8-15/h4-8,16-18H,3,9-14H2,1-2H3,(H2,21,22,23). The smallest absolute Gasteiger partial charge is 0.409 e. The van der Waals surface area contributed by atoms with Gasteiger partial charge in [-0.05, 0) is 43.6 Å². The van der Waals surface area contributed by atoms with E-state index in [0.717, 1.165) is 38.4 Å². The molecule has 0 spiro atoms. The molecule has 1 amide bonds. The van der Waals surface area contributed by atoms with Crippen molar-refractivity contribution in [3.63, 3.8) is 0 Å². The minimum atomic E-state index is -0.200. The SMILES string of the molecule is CCOC(=O)N1CCC(NC(=NC)NCC2CC2c2ccccc2)CC1. The minimum Gasteiger partial charge on any atom is -0.450 e. The molecule has 1 saturated heterocycles. The van der Waals surface area contributed by atoms with Crippen LogP contribution in [0.3, 0.4) is 0 Å². The molecule has 1 aromatic rings. The van der Waals surface area contributed by atoms with Crippen LogP contribution in [-0.4, -0.2) is 56.3 Å². The molecule has 2 fully saturated rings. The van der Waals surface area contributed by atoms with Gasteiger partial charge in [0.05, 0.1) is 6.61 Å². The molecule has 0 aromatic heterocycles. The van der Waals surface area contributed by atoms with Crippen LogP contribution < -0.4 is 10.6 Å². The van der Waals surface area contributed by atoms with Gasteiger partial charge in [-0.1, -0.05) is 30.3 Å². The van der Waals surface area contributed by atoms with Crippen molar-refractivity contribution in [1.82, 2.24) is 15.5 Å². The van der Waals surface area contributed by atoms with Gasteiger partial charge in [-0.25, -0.2) is 4.79 Å². The second kappa shape index (κ2) is 8.92. The average molecular weight is 358 g/mol. The van der Waals surface area contributed by atoms with E-state index in [9.17, 15) is 4.79 Å². The van der Waals surface area contributed by atoms with Gasteiger partial charge >= 0.3 is 6.09 Å². The van der Waals surface area contributed by atoms with Crippen molar-refractivity contribution in [2.75, 3.05) is 33.3 Å². The number of aliphatic imine (C=N–C) groups is 1. The van der Waals surface area contributed by atoms with E-state index in [2.05, 4.69) is 46.0 Å². The number of guanidine groups is 1. The maximum Gasteiger partial charge on any atom is 0.409 e. The fourth-order valence-electron chi connectivity index (χ4n) is 3.62. The zero-order valence-corrected chi connectivity index (χ0v) is 15.8. The molecule has 1 heterocycles. The molecule has 2 atom stereocenters. The lowest BCUT2D eigenvalue weighted by Gasteiger charge is -2.32. The second-order valence-electron chi connectivity index (χ2n) is 7.07. The number of carbonyl (C=O) groups is 1. The second-order valence-corrected chi connectivity index (χ2v) is 7.07. The normalized spacial score (nSPS) is 23.5. The van der Waals surface area contributed by atoms with Gasteiger partial charge in [0.15, 0.2) is 5.96 Å². The van der Waals surface area contributed by atoms with Crippen LogP contribution in [0.15, 0.2) is 35.3 Å². The van der Waals surface area contributed by atoms with Gasteiger partial charge < -0.3 is 20.3 Å². The fraction of sp³-hybridized carbons (Fsp3) is 0.600. The third-order valence-corrected chi connectivity index (χ3v) is 5.27. The molecule has 1 aromatic carbocycles. The van der Waals surface area contributed by atoms with Crippen molar-refractivity contribution in [1.29, 1.82) is 0 Å². The van der Waals surface area contributed by atoms with Gasteiger partial charge in [0.1, 0.15) is 0 Å². The Morgan fingerprint density at radius 2 is 2.00 bits per heavy atom. The van der Waals surface area contributed by atoms with Crippen LogP contribution in [0.2, 0.25) is 0 Å². The highest BCUT2D eigenvalue weighted by Gasteiger charge is 2.38. The van der Waals surface area contributed by atoms with E-state index >= 15 is 0 Å².